The topological polar surface area (TPSA) is 36.9 Å². The third kappa shape index (κ3) is 3.11. The number of hydrogen-bond donors (Lipinski definition) is 0. The molecular formula is C19H12ClNO. The fourth-order valence-electron chi connectivity index (χ4n) is 2.14. The molecule has 0 unspecified atom stereocenters. The lowest BCUT2D eigenvalue weighted by Gasteiger charge is -1.98. The number of benzene rings is 2. The van der Waals surface area contributed by atoms with Crippen molar-refractivity contribution in [2.24, 2.45) is 0 Å². The van der Waals surface area contributed by atoms with Crippen LogP contribution in [0.15, 0.2) is 71.1 Å². The predicted molar refractivity (Wildman–Crippen MR) is 89.1 cm³/mol. The first kappa shape index (κ1) is 14.2. The summed E-state index contributed by atoms with van der Waals surface area (Å²) in [4.78, 5) is 0. The van der Waals surface area contributed by atoms with Crippen LogP contribution in [-0.2, 0) is 0 Å². The van der Waals surface area contributed by atoms with Gasteiger partial charge in [0.1, 0.15) is 11.5 Å². The largest absolute Gasteiger partial charge is 0.457 e. The lowest BCUT2D eigenvalue weighted by atomic mass is 10.1. The van der Waals surface area contributed by atoms with E-state index in [-0.39, 0.29) is 0 Å². The predicted octanol–water partition coefficient (Wildman–Crippen LogP) is 5.66. The van der Waals surface area contributed by atoms with E-state index in [2.05, 4.69) is 6.07 Å². The van der Waals surface area contributed by atoms with E-state index in [4.69, 9.17) is 16.0 Å². The van der Waals surface area contributed by atoms with Crippen LogP contribution in [0.2, 0.25) is 5.02 Å². The number of rotatable bonds is 3. The van der Waals surface area contributed by atoms with Gasteiger partial charge >= 0.3 is 0 Å². The summed E-state index contributed by atoms with van der Waals surface area (Å²) in [7, 11) is 0. The molecule has 0 aliphatic rings. The van der Waals surface area contributed by atoms with Crippen molar-refractivity contribution in [3.63, 3.8) is 0 Å². The van der Waals surface area contributed by atoms with E-state index in [1.807, 2.05) is 66.7 Å². The summed E-state index contributed by atoms with van der Waals surface area (Å²) in [6, 6.07) is 22.9. The standard InChI is InChI=1S/C19H12ClNO/c20-17-8-6-15(7-9-17)19-11-10-18(22-19)12-16(13-21)14-4-2-1-3-5-14/h1-12H. The van der Waals surface area contributed by atoms with Gasteiger partial charge in [-0.25, -0.2) is 0 Å². The van der Waals surface area contributed by atoms with Gasteiger partial charge in [0.15, 0.2) is 0 Å². The Morgan fingerprint density at radius 2 is 1.68 bits per heavy atom. The van der Waals surface area contributed by atoms with Crippen molar-refractivity contribution in [3.8, 4) is 17.4 Å². The van der Waals surface area contributed by atoms with Gasteiger partial charge in [-0.15, -0.1) is 0 Å². The maximum Gasteiger partial charge on any atom is 0.134 e. The number of nitriles is 1. The Hall–Kier alpha value is -2.76. The number of furan rings is 1. The van der Waals surface area contributed by atoms with Crippen molar-refractivity contribution in [1.29, 1.82) is 5.26 Å². The normalized spacial score (nSPS) is 11.2. The first-order valence-corrected chi connectivity index (χ1v) is 7.17. The summed E-state index contributed by atoms with van der Waals surface area (Å²) in [6.07, 6.45) is 1.74. The quantitative estimate of drug-likeness (QED) is 0.585. The number of allylic oxidation sites excluding steroid dienone is 1. The Balaban J connectivity index is 1.92. The maximum absolute atomic E-state index is 9.32. The molecule has 0 saturated heterocycles. The van der Waals surface area contributed by atoms with Crippen molar-refractivity contribution in [2.45, 2.75) is 0 Å². The second kappa shape index (κ2) is 6.34. The Labute approximate surface area is 133 Å². The zero-order valence-electron chi connectivity index (χ0n) is 11.7. The summed E-state index contributed by atoms with van der Waals surface area (Å²) < 4.78 is 5.79. The van der Waals surface area contributed by atoms with E-state index in [9.17, 15) is 5.26 Å². The molecule has 2 aromatic carbocycles. The zero-order valence-corrected chi connectivity index (χ0v) is 12.4. The van der Waals surface area contributed by atoms with Gasteiger partial charge in [-0.1, -0.05) is 41.9 Å². The number of nitrogens with zero attached hydrogens (tertiary/aromatic N) is 1. The highest BCUT2D eigenvalue weighted by Gasteiger charge is 2.06. The SMILES string of the molecule is N#CC(=Cc1ccc(-c2ccc(Cl)cc2)o1)c1ccccc1. The van der Waals surface area contributed by atoms with Crippen molar-refractivity contribution in [3.05, 3.63) is 83.1 Å². The van der Waals surface area contributed by atoms with E-state index >= 15 is 0 Å². The molecule has 22 heavy (non-hydrogen) atoms. The van der Waals surface area contributed by atoms with Crippen molar-refractivity contribution in [2.75, 3.05) is 0 Å². The summed E-state index contributed by atoms with van der Waals surface area (Å²) in [6.45, 7) is 0. The van der Waals surface area contributed by atoms with Crippen LogP contribution in [-0.4, -0.2) is 0 Å². The van der Waals surface area contributed by atoms with Crippen molar-refractivity contribution < 1.29 is 4.42 Å². The van der Waals surface area contributed by atoms with Crippen LogP contribution >= 0.6 is 11.6 Å². The van der Waals surface area contributed by atoms with Gasteiger partial charge in [0, 0.05) is 10.6 Å². The van der Waals surface area contributed by atoms with Crippen LogP contribution in [0.3, 0.4) is 0 Å². The lowest BCUT2D eigenvalue weighted by molar-refractivity contribution is 0.572. The summed E-state index contributed by atoms with van der Waals surface area (Å²) in [5.41, 5.74) is 2.38. The van der Waals surface area contributed by atoms with Gasteiger partial charge in [0.05, 0.1) is 11.6 Å². The minimum absolute atomic E-state index is 0.567. The molecule has 0 atom stereocenters. The van der Waals surface area contributed by atoms with Crippen LogP contribution < -0.4 is 0 Å². The van der Waals surface area contributed by atoms with Crippen LogP contribution in [0, 0.1) is 11.3 Å². The molecule has 3 aromatic rings. The van der Waals surface area contributed by atoms with E-state index in [0.717, 1.165) is 16.9 Å². The molecule has 0 N–H and O–H groups in total. The third-order valence-electron chi connectivity index (χ3n) is 3.25. The molecule has 0 amide bonds. The zero-order chi connectivity index (χ0) is 15.4. The third-order valence-corrected chi connectivity index (χ3v) is 3.50. The summed E-state index contributed by atoms with van der Waals surface area (Å²) in [5.74, 6) is 1.39. The van der Waals surface area contributed by atoms with Crippen LogP contribution in [0.5, 0.6) is 0 Å². The van der Waals surface area contributed by atoms with Gasteiger partial charge < -0.3 is 4.42 Å². The molecule has 0 radical (unpaired) electrons. The van der Waals surface area contributed by atoms with Crippen LogP contribution in [0.25, 0.3) is 23.0 Å². The molecule has 0 saturated carbocycles. The molecule has 0 aliphatic heterocycles. The average Bonchev–Trinajstić information content (AvgIpc) is 3.03. The first-order chi connectivity index (χ1) is 10.8. The van der Waals surface area contributed by atoms with E-state index in [0.29, 0.717) is 16.4 Å². The minimum atomic E-state index is 0.567. The van der Waals surface area contributed by atoms with Crippen LogP contribution in [0.4, 0.5) is 0 Å². The average molecular weight is 306 g/mol. The second-order valence-corrected chi connectivity index (χ2v) is 5.18. The number of halogens is 1. The van der Waals surface area contributed by atoms with Gasteiger partial charge in [-0.2, -0.15) is 5.26 Å². The van der Waals surface area contributed by atoms with E-state index in [1.165, 1.54) is 0 Å². The van der Waals surface area contributed by atoms with Gasteiger partial charge in [0.25, 0.3) is 0 Å². The Morgan fingerprint density at radius 3 is 2.36 bits per heavy atom. The fourth-order valence-corrected chi connectivity index (χ4v) is 2.27. The Kier molecular flexibility index (Phi) is 4.09. The molecule has 0 spiro atoms. The Bertz CT molecular complexity index is 839. The van der Waals surface area contributed by atoms with Crippen LogP contribution in [0.1, 0.15) is 11.3 Å². The highest BCUT2D eigenvalue weighted by atomic mass is 35.5. The van der Waals surface area contributed by atoms with Gasteiger partial charge in [-0.3, -0.25) is 0 Å². The molecule has 3 heteroatoms. The molecular weight excluding hydrogens is 294 g/mol. The molecule has 0 aliphatic carbocycles. The molecule has 1 aromatic heterocycles. The Morgan fingerprint density at radius 1 is 0.955 bits per heavy atom. The molecule has 0 bridgehead atoms. The number of hydrogen-bond acceptors (Lipinski definition) is 2. The van der Waals surface area contributed by atoms with E-state index < -0.39 is 0 Å². The molecule has 2 nitrogen and oxygen atoms in total. The second-order valence-electron chi connectivity index (χ2n) is 4.74. The molecule has 3 rings (SSSR count). The molecule has 106 valence electrons. The fraction of sp³-hybridized carbons (Fsp3) is 0. The highest BCUT2D eigenvalue weighted by molar-refractivity contribution is 6.30. The van der Waals surface area contributed by atoms with Gasteiger partial charge in [-0.05, 0) is 48.0 Å². The summed E-state index contributed by atoms with van der Waals surface area (Å²) >= 11 is 5.88. The molecule has 1 heterocycles. The first-order valence-electron chi connectivity index (χ1n) is 6.79. The maximum atomic E-state index is 9.32. The monoisotopic (exact) mass is 305 g/mol. The highest BCUT2D eigenvalue weighted by Crippen LogP contribution is 2.26. The van der Waals surface area contributed by atoms with Gasteiger partial charge in [0.2, 0.25) is 0 Å². The summed E-state index contributed by atoms with van der Waals surface area (Å²) in [5, 5.41) is 10.0. The van der Waals surface area contributed by atoms with Crippen molar-refractivity contribution >= 4 is 23.3 Å². The molecule has 0 fully saturated rings. The van der Waals surface area contributed by atoms with E-state index in [1.54, 1.807) is 6.08 Å². The minimum Gasteiger partial charge on any atom is -0.457 e. The smallest absolute Gasteiger partial charge is 0.134 e. The van der Waals surface area contributed by atoms with Crippen molar-refractivity contribution in [1.82, 2.24) is 0 Å². The lowest BCUT2D eigenvalue weighted by Crippen LogP contribution is -1.79.